The van der Waals surface area contributed by atoms with Crippen molar-refractivity contribution < 1.29 is 31.8 Å². The predicted octanol–water partition coefficient (Wildman–Crippen LogP) is 2.60. The molecule has 1 aromatic rings. The molecule has 0 unspecified atom stereocenters. The van der Waals surface area contributed by atoms with E-state index in [9.17, 15) is 22.4 Å². The molecule has 0 spiro atoms. The summed E-state index contributed by atoms with van der Waals surface area (Å²) in [5.41, 5.74) is 0.0845. The van der Waals surface area contributed by atoms with E-state index in [0.29, 0.717) is 6.29 Å². The normalized spacial score (nSPS) is 11.3. The van der Waals surface area contributed by atoms with Crippen molar-refractivity contribution in [1.29, 1.82) is 0 Å². The Bertz CT molecular complexity index is 404. The van der Waals surface area contributed by atoms with Crippen LogP contribution in [0.25, 0.3) is 0 Å². The lowest BCUT2D eigenvalue weighted by Crippen LogP contribution is -2.19. The maximum absolute atomic E-state index is 12.9. The summed E-state index contributed by atoms with van der Waals surface area (Å²) in [6.07, 6.45) is -3.94. The second-order valence-electron chi connectivity index (χ2n) is 3.35. The molecule has 0 N–H and O–H groups in total. The van der Waals surface area contributed by atoms with Crippen LogP contribution >= 0.6 is 0 Å². The second-order valence-corrected chi connectivity index (χ2v) is 3.35. The van der Waals surface area contributed by atoms with Gasteiger partial charge in [-0.2, -0.15) is 13.2 Å². The topological polar surface area (TPSA) is 35.5 Å². The molecule has 0 amide bonds. The molecule has 3 nitrogen and oxygen atoms in total. The third kappa shape index (κ3) is 5.62. The lowest BCUT2D eigenvalue weighted by molar-refractivity contribution is -0.175. The monoisotopic (exact) mass is 266 g/mol. The Morgan fingerprint density at radius 2 is 1.89 bits per heavy atom. The highest BCUT2D eigenvalue weighted by Gasteiger charge is 2.27. The zero-order valence-electron chi connectivity index (χ0n) is 9.17. The van der Waals surface area contributed by atoms with Crippen LogP contribution in [0.1, 0.15) is 10.4 Å². The largest absolute Gasteiger partial charge is 0.491 e. The van der Waals surface area contributed by atoms with Crippen LogP contribution in [-0.4, -0.2) is 32.3 Å². The van der Waals surface area contributed by atoms with Gasteiger partial charge < -0.3 is 9.47 Å². The molecule has 100 valence electrons. The summed E-state index contributed by atoms with van der Waals surface area (Å²) < 4.78 is 57.3. The average molecular weight is 266 g/mol. The predicted molar refractivity (Wildman–Crippen MR) is 54.2 cm³/mol. The van der Waals surface area contributed by atoms with Crippen molar-refractivity contribution in [2.45, 2.75) is 6.18 Å². The smallest absolute Gasteiger partial charge is 0.411 e. The van der Waals surface area contributed by atoms with Crippen molar-refractivity contribution in [2.75, 3.05) is 19.8 Å². The number of alkyl halides is 3. The number of hydrogen-bond acceptors (Lipinski definition) is 3. The Labute approximate surface area is 100 Å². The van der Waals surface area contributed by atoms with Gasteiger partial charge in [0, 0.05) is 11.6 Å². The van der Waals surface area contributed by atoms with Crippen molar-refractivity contribution in [3.8, 4) is 5.75 Å². The van der Waals surface area contributed by atoms with Gasteiger partial charge in [0.25, 0.3) is 0 Å². The zero-order valence-corrected chi connectivity index (χ0v) is 9.17. The van der Waals surface area contributed by atoms with Gasteiger partial charge in [-0.25, -0.2) is 4.39 Å². The van der Waals surface area contributed by atoms with E-state index in [4.69, 9.17) is 4.74 Å². The van der Waals surface area contributed by atoms with E-state index < -0.39 is 18.6 Å². The Morgan fingerprint density at radius 1 is 1.17 bits per heavy atom. The van der Waals surface area contributed by atoms with Gasteiger partial charge in [-0.3, -0.25) is 4.79 Å². The lowest BCUT2D eigenvalue weighted by Gasteiger charge is -2.09. The molecule has 0 aliphatic carbocycles. The minimum atomic E-state index is -4.39. The maximum Gasteiger partial charge on any atom is 0.411 e. The Hall–Kier alpha value is -1.63. The standard InChI is InChI=1S/C11H10F4O3/c12-9-3-8(6-16)4-10(5-9)18-2-1-17-7-11(13,14)15/h3-6H,1-2,7H2. The minimum absolute atomic E-state index is 0.0627. The third-order valence-electron chi connectivity index (χ3n) is 1.79. The van der Waals surface area contributed by atoms with E-state index in [1.54, 1.807) is 0 Å². The van der Waals surface area contributed by atoms with Gasteiger partial charge in [0.05, 0.1) is 6.61 Å². The second kappa shape index (κ2) is 6.34. The number of halogens is 4. The van der Waals surface area contributed by atoms with E-state index in [1.807, 2.05) is 0 Å². The van der Waals surface area contributed by atoms with Crippen LogP contribution < -0.4 is 4.74 Å². The fraction of sp³-hybridized carbons (Fsp3) is 0.364. The van der Waals surface area contributed by atoms with Crippen molar-refractivity contribution in [2.24, 2.45) is 0 Å². The Morgan fingerprint density at radius 3 is 2.50 bits per heavy atom. The summed E-state index contributed by atoms with van der Waals surface area (Å²) >= 11 is 0. The molecular weight excluding hydrogens is 256 g/mol. The molecule has 0 saturated carbocycles. The number of rotatable bonds is 6. The molecule has 0 saturated heterocycles. The van der Waals surface area contributed by atoms with E-state index >= 15 is 0 Å². The molecule has 7 heteroatoms. The molecule has 1 aromatic carbocycles. The van der Waals surface area contributed by atoms with Crippen LogP contribution in [-0.2, 0) is 4.74 Å². The van der Waals surface area contributed by atoms with Crippen molar-refractivity contribution in [3.63, 3.8) is 0 Å². The molecule has 0 radical (unpaired) electrons. The van der Waals surface area contributed by atoms with Crippen LogP contribution in [0.5, 0.6) is 5.75 Å². The number of carbonyl (C=O) groups is 1. The van der Waals surface area contributed by atoms with Gasteiger partial charge in [-0.05, 0) is 12.1 Å². The SMILES string of the molecule is O=Cc1cc(F)cc(OCCOCC(F)(F)F)c1. The summed E-state index contributed by atoms with van der Waals surface area (Å²) in [5.74, 6) is -0.599. The van der Waals surface area contributed by atoms with E-state index in [2.05, 4.69) is 4.74 Å². The quantitative estimate of drug-likeness (QED) is 0.451. The number of hydrogen-bond donors (Lipinski definition) is 0. The fourth-order valence-corrected chi connectivity index (χ4v) is 1.14. The molecule has 0 aliphatic rings. The zero-order chi connectivity index (χ0) is 13.6. The molecular formula is C11H10F4O3. The van der Waals surface area contributed by atoms with E-state index in [0.717, 1.165) is 12.1 Å². The first-order chi connectivity index (χ1) is 8.40. The van der Waals surface area contributed by atoms with Gasteiger partial charge in [0.2, 0.25) is 0 Å². The van der Waals surface area contributed by atoms with Crippen molar-refractivity contribution in [1.82, 2.24) is 0 Å². The summed E-state index contributed by atoms with van der Waals surface area (Å²) in [7, 11) is 0. The van der Waals surface area contributed by atoms with E-state index in [-0.39, 0.29) is 24.5 Å². The molecule has 0 aromatic heterocycles. The Kier molecular flexibility index (Phi) is 5.08. The maximum atomic E-state index is 12.9. The van der Waals surface area contributed by atoms with Crippen molar-refractivity contribution in [3.05, 3.63) is 29.6 Å². The van der Waals surface area contributed by atoms with Crippen LogP contribution in [0.3, 0.4) is 0 Å². The molecule has 1 rings (SSSR count). The van der Waals surface area contributed by atoms with Gasteiger partial charge >= 0.3 is 6.18 Å². The highest BCUT2D eigenvalue weighted by molar-refractivity contribution is 5.75. The summed E-state index contributed by atoms with van der Waals surface area (Å²) in [6.45, 7) is -1.82. The lowest BCUT2D eigenvalue weighted by atomic mass is 10.2. The average Bonchev–Trinajstić information content (AvgIpc) is 2.26. The molecule has 0 atom stereocenters. The number of carbonyl (C=O) groups excluding carboxylic acids is 1. The summed E-state index contributed by atoms with van der Waals surface area (Å²) in [5, 5.41) is 0. The summed E-state index contributed by atoms with van der Waals surface area (Å²) in [4.78, 5) is 10.4. The first-order valence-corrected chi connectivity index (χ1v) is 4.94. The minimum Gasteiger partial charge on any atom is -0.491 e. The summed E-state index contributed by atoms with van der Waals surface area (Å²) in [6, 6.07) is 3.32. The number of aldehydes is 1. The first-order valence-electron chi connectivity index (χ1n) is 4.94. The van der Waals surface area contributed by atoms with Crippen LogP contribution in [0.4, 0.5) is 17.6 Å². The highest BCUT2D eigenvalue weighted by atomic mass is 19.4. The number of benzene rings is 1. The van der Waals surface area contributed by atoms with Gasteiger partial charge in [0.15, 0.2) is 0 Å². The van der Waals surface area contributed by atoms with Gasteiger partial charge in [-0.1, -0.05) is 0 Å². The molecule has 0 aliphatic heterocycles. The Balaban J connectivity index is 2.35. The van der Waals surface area contributed by atoms with Crippen LogP contribution in [0.2, 0.25) is 0 Å². The van der Waals surface area contributed by atoms with Gasteiger partial charge in [0.1, 0.15) is 31.1 Å². The molecule has 0 heterocycles. The molecule has 0 fully saturated rings. The van der Waals surface area contributed by atoms with Crippen LogP contribution in [0.15, 0.2) is 18.2 Å². The molecule has 0 bridgehead atoms. The third-order valence-corrected chi connectivity index (χ3v) is 1.79. The highest BCUT2D eigenvalue weighted by Crippen LogP contribution is 2.16. The van der Waals surface area contributed by atoms with Crippen molar-refractivity contribution >= 4 is 6.29 Å². The van der Waals surface area contributed by atoms with Crippen LogP contribution in [0, 0.1) is 5.82 Å². The number of ether oxygens (including phenoxy) is 2. The molecule has 18 heavy (non-hydrogen) atoms. The van der Waals surface area contributed by atoms with E-state index in [1.165, 1.54) is 6.07 Å². The van der Waals surface area contributed by atoms with Gasteiger partial charge in [-0.15, -0.1) is 0 Å². The fourth-order valence-electron chi connectivity index (χ4n) is 1.14. The first kappa shape index (κ1) is 14.4.